The Bertz CT molecular complexity index is 446. The Morgan fingerprint density at radius 2 is 2.18 bits per heavy atom. The second-order valence-electron chi connectivity index (χ2n) is 4.27. The third-order valence-electron chi connectivity index (χ3n) is 1.80. The van der Waals surface area contributed by atoms with Crippen molar-refractivity contribution in [2.45, 2.75) is 19.4 Å². The molecule has 0 aliphatic rings. The van der Waals surface area contributed by atoms with Crippen LogP contribution in [-0.2, 0) is 0 Å². The van der Waals surface area contributed by atoms with Crippen molar-refractivity contribution in [1.29, 1.82) is 0 Å². The van der Waals surface area contributed by atoms with Crippen molar-refractivity contribution >= 4 is 17.3 Å². The largest absolute Gasteiger partial charge is 0.485 e. The monoisotopic (exact) mass is 262 g/mol. The highest BCUT2D eigenvalue weighted by molar-refractivity contribution is 6.31. The Kier molecular flexibility index (Phi) is 3.90. The zero-order chi connectivity index (χ0) is 13.2. The minimum absolute atomic E-state index is 0.0514. The van der Waals surface area contributed by atoms with E-state index in [0.717, 1.165) is 12.1 Å². The maximum absolute atomic E-state index is 13.1. The normalized spacial score (nSPS) is 11.4. The molecular formula is C10H12ClFN2O3. The van der Waals surface area contributed by atoms with Crippen LogP contribution in [0.4, 0.5) is 10.1 Å². The molecule has 0 spiro atoms. The van der Waals surface area contributed by atoms with E-state index in [4.69, 9.17) is 22.1 Å². The summed E-state index contributed by atoms with van der Waals surface area (Å²) in [5.41, 5.74) is 4.54. The Balaban J connectivity index is 3.05. The van der Waals surface area contributed by atoms with Crippen molar-refractivity contribution in [1.82, 2.24) is 0 Å². The summed E-state index contributed by atoms with van der Waals surface area (Å²) in [4.78, 5) is 9.96. The molecule has 0 saturated carbocycles. The van der Waals surface area contributed by atoms with E-state index in [1.165, 1.54) is 0 Å². The first-order chi connectivity index (χ1) is 7.70. The summed E-state index contributed by atoms with van der Waals surface area (Å²) < 4.78 is 18.3. The van der Waals surface area contributed by atoms with E-state index >= 15 is 0 Å². The van der Waals surface area contributed by atoms with Crippen LogP contribution in [0.3, 0.4) is 0 Å². The molecule has 7 heteroatoms. The first-order valence-corrected chi connectivity index (χ1v) is 5.13. The van der Waals surface area contributed by atoms with E-state index in [1.807, 2.05) is 0 Å². The van der Waals surface area contributed by atoms with Gasteiger partial charge < -0.3 is 10.5 Å². The molecule has 0 saturated heterocycles. The summed E-state index contributed by atoms with van der Waals surface area (Å²) in [6.07, 6.45) is 0. The molecule has 0 amide bonds. The molecule has 0 radical (unpaired) electrons. The van der Waals surface area contributed by atoms with Gasteiger partial charge in [-0.25, -0.2) is 4.39 Å². The maximum atomic E-state index is 13.1. The molecule has 0 bridgehead atoms. The van der Waals surface area contributed by atoms with Gasteiger partial charge in [-0.3, -0.25) is 10.1 Å². The van der Waals surface area contributed by atoms with Gasteiger partial charge in [0, 0.05) is 11.6 Å². The molecule has 1 aromatic carbocycles. The van der Waals surface area contributed by atoms with Gasteiger partial charge in [-0.1, -0.05) is 11.6 Å². The minimum Gasteiger partial charge on any atom is -0.485 e. The lowest BCUT2D eigenvalue weighted by atomic mass is 10.1. The fraction of sp³-hybridized carbons (Fsp3) is 0.400. The summed E-state index contributed by atoms with van der Waals surface area (Å²) in [6, 6.07) is 1.79. The van der Waals surface area contributed by atoms with Crippen LogP contribution >= 0.6 is 11.6 Å². The van der Waals surface area contributed by atoms with Gasteiger partial charge in [-0.15, -0.1) is 0 Å². The van der Waals surface area contributed by atoms with Gasteiger partial charge in [0.25, 0.3) is 0 Å². The molecule has 17 heavy (non-hydrogen) atoms. The van der Waals surface area contributed by atoms with Gasteiger partial charge in [0.05, 0.1) is 16.0 Å². The van der Waals surface area contributed by atoms with Crippen LogP contribution < -0.4 is 10.5 Å². The standard InChI is InChI=1S/C10H12ClFN2O3/c1-10(2,13)5-17-9-3-6(11)7(12)4-8(9)14(15)16/h3-4H,5,13H2,1-2H3. The van der Waals surface area contributed by atoms with Gasteiger partial charge in [0.1, 0.15) is 12.4 Å². The number of ether oxygens (including phenoxy) is 1. The summed E-state index contributed by atoms with van der Waals surface area (Å²) in [5, 5.41) is 10.5. The van der Waals surface area contributed by atoms with Crippen LogP contribution in [0.1, 0.15) is 13.8 Å². The van der Waals surface area contributed by atoms with E-state index < -0.39 is 22.0 Å². The van der Waals surface area contributed by atoms with Crippen molar-refractivity contribution in [3.8, 4) is 5.75 Å². The van der Waals surface area contributed by atoms with Crippen LogP contribution in [0.25, 0.3) is 0 Å². The van der Waals surface area contributed by atoms with E-state index in [1.54, 1.807) is 13.8 Å². The second-order valence-corrected chi connectivity index (χ2v) is 4.68. The fourth-order valence-electron chi connectivity index (χ4n) is 1.04. The number of nitrogens with two attached hydrogens (primary N) is 1. The van der Waals surface area contributed by atoms with Crippen molar-refractivity contribution < 1.29 is 14.1 Å². The number of nitro benzene ring substituents is 1. The van der Waals surface area contributed by atoms with Gasteiger partial charge in [0.15, 0.2) is 5.75 Å². The van der Waals surface area contributed by atoms with Crippen LogP contribution in [0.15, 0.2) is 12.1 Å². The first-order valence-electron chi connectivity index (χ1n) is 4.76. The highest BCUT2D eigenvalue weighted by Gasteiger charge is 2.21. The average Bonchev–Trinajstić information content (AvgIpc) is 2.17. The lowest BCUT2D eigenvalue weighted by Gasteiger charge is -2.18. The molecule has 0 fully saturated rings. The van der Waals surface area contributed by atoms with E-state index in [-0.39, 0.29) is 17.4 Å². The third-order valence-corrected chi connectivity index (χ3v) is 2.09. The molecule has 0 aliphatic carbocycles. The van der Waals surface area contributed by atoms with Gasteiger partial charge in [-0.2, -0.15) is 0 Å². The summed E-state index contributed by atoms with van der Waals surface area (Å²) >= 11 is 5.53. The average molecular weight is 263 g/mol. The van der Waals surface area contributed by atoms with E-state index in [2.05, 4.69) is 0 Å². The fourth-order valence-corrected chi connectivity index (χ4v) is 1.19. The molecule has 5 nitrogen and oxygen atoms in total. The molecule has 1 aromatic rings. The van der Waals surface area contributed by atoms with Crippen molar-refractivity contribution in [3.05, 3.63) is 33.1 Å². The lowest BCUT2D eigenvalue weighted by Crippen LogP contribution is -2.38. The topological polar surface area (TPSA) is 78.4 Å². The molecule has 0 aliphatic heterocycles. The number of nitro groups is 1. The SMILES string of the molecule is CC(C)(N)COc1cc(Cl)c(F)cc1[N+](=O)[O-]. The molecule has 0 aromatic heterocycles. The summed E-state index contributed by atoms with van der Waals surface area (Å²) in [6.45, 7) is 3.45. The predicted molar refractivity (Wildman–Crippen MR) is 61.8 cm³/mol. The highest BCUT2D eigenvalue weighted by Crippen LogP contribution is 2.32. The van der Waals surface area contributed by atoms with Crippen LogP contribution in [-0.4, -0.2) is 17.1 Å². The maximum Gasteiger partial charge on any atom is 0.313 e. The molecule has 94 valence electrons. The summed E-state index contributed by atoms with van der Waals surface area (Å²) in [7, 11) is 0. The molecule has 2 N–H and O–H groups in total. The van der Waals surface area contributed by atoms with Crippen molar-refractivity contribution in [3.63, 3.8) is 0 Å². The Morgan fingerprint density at radius 1 is 1.59 bits per heavy atom. The van der Waals surface area contributed by atoms with Crippen LogP contribution in [0, 0.1) is 15.9 Å². The molecule has 0 unspecified atom stereocenters. The van der Waals surface area contributed by atoms with E-state index in [9.17, 15) is 14.5 Å². The summed E-state index contributed by atoms with van der Waals surface area (Å²) in [5.74, 6) is -0.961. The number of hydrogen-bond donors (Lipinski definition) is 1. The second kappa shape index (κ2) is 4.85. The molecular weight excluding hydrogens is 251 g/mol. The number of nitrogens with zero attached hydrogens (tertiary/aromatic N) is 1. The van der Waals surface area contributed by atoms with Gasteiger partial charge in [0.2, 0.25) is 0 Å². The lowest BCUT2D eigenvalue weighted by molar-refractivity contribution is -0.386. The molecule has 0 atom stereocenters. The van der Waals surface area contributed by atoms with Crippen LogP contribution in [0.5, 0.6) is 5.75 Å². The number of rotatable bonds is 4. The minimum atomic E-state index is -0.863. The molecule has 1 rings (SSSR count). The third kappa shape index (κ3) is 3.83. The van der Waals surface area contributed by atoms with Gasteiger partial charge >= 0.3 is 5.69 Å². The number of hydrogen-bond acceptors (Lipinski definition) is 4. The first kappa shape index (κ1) is 13.7. The quantitative estimate of drug-likeness (QED) is 0.668. The Labute approximate surface area is 102 Å². The van der Waals surface area contributed by atoms with Crippen molar-refractivity contribution in [2.24, 2.45) is 5.73 Å². The Morgan fingerprint density at radius 3 is 2.65 bits per heavy atom. The zero-order valence-corrected chi connectivity index (χ0v) is 10.1. The van der Waals surface area contributed by atoms with Gasteiger partial charge in [-0.05, 0) is 13.8 Å². The predicted octanol–water partition coefficient (Wildman–Crippen LogP) is 2.50. The smallest absolute Gasteiger partial charge is 0.313 e. The number of benzene rings is 1. The van der Waals surface area contributed by atoms with Crippen molar-refractivity contribution in [2.75, 3.05) is 6.61 Å². The van der Waals surface area contributed by atoms with Crippen LogP contribution in [0.2, 0.25) is 5.02 Å². The highest BCUT2D eigenvalue weighted by atomic mass is 35.5. The zero-order valence-electron chi connectivity index (χ0n) is 9.37. The number of halogens is 2. The Hall–Kier alpha value is -1.40. The van der Waals surface area contributed by atoms with E-state index in [0.29, 0.717) is 0 Å². The molecule has 0 heterocycles.